The van der Waals surface area contributed by atoms with Crippen LogP contribution in [-0.4, -0.2) is 84.4 Å². The normalized spacial score (nSPS) is 11.0. The van der Waals surface area contributed by atoms with Crippen LogP contribution < -0.4 is 21.5 Å². The quantitative estimate of drug-likeness (QED) is 0.214. The van der Waals surface area contributed by atoms with Crippen LogP contribution in [0.4, 0.5) is 0 Å². The third kappa shape index (κ3) is 18.0. The number of aromatic nitrogens is 3. The number of aromatic amines is 1. The van der Waals surface area contributed by atoms with Crippen LogP contribution in [0, 0.1) is 0 Å². The third-order valence-electron chi connectivity index (χ3n) is 2.26. The van der Waals surface area contributed by atoms with Gasteiger partial charge in [-0.25, -0.2) is 4.98 Å². The van der Waals surface area contributed by atoms with E-state index in [0.717, 1.165) is 0 Å². The van der Waals surface area contributed by atoms with Crippen LogP contribution in [0.15, 0.2) is 10.2 Å². The minimum Gasteiger partial charge on any atom is -0.364 e. The largest absolute Gasteiger partial charge is 0.364 e. The number of H-pyrrole nitrogens is 1. The van der Waals surface area contributed by atoms with Crippen LogP contribution in [0.5, 0.6) is 0 Å². The van der Waals surface area contributed by atoms with Gasteiger partial charge in [0.1, 0.15) is 11.4 Å². The van der Waals surface area contributed by atoms with Crippen LogP contribution >= 0.6 is 24.4 Å². The molecule has 0 saturated heterocycles. The van der Waals surface area contributed by atoms with E-state index in [0.29, 0.717) is 33.3 Å². The monoisotopic (exact) mass is 483 g/mol. The van der Waals surface area contributed by atoms with E-state index in [9.17, 15) is 8.42 Å². The Morgan fingerprint density at radius 3 is 1.66 bits per heavy atom. The molecule has 0 radical (unpaired) electrons. The molecule has 0 spiro atoms. The van der Waals surface area contributed by atoms with E-state index in [-0.39, 0.29) is 0 Å². The fourth-order valence-corrected chi connectivity index (χ4v) is 1.16. The van der Waals surface area contributed by atoms with Crippen molar-refractivity contribution in [2.45, 2.75) is 13.8 Å². The second-order valence-corrected chi connectivity index (χ2v) is 9.05. The van der Waals surface area contributed by atoms with E-state index in [1.54, 1.807) is 53.0 Å². The Morgan fingerprint density at radius 1 is 0.897 bits per heavy atom. The summed E-state index contributed by atoms with van der Waals surface area (Å²) in [5.74, 6) is 0.962. The number of nitrogens with one attached hydrogen (secondary N) is 5. The Bertz CT molecular complexity index is 694. The summed E-state index contributed by atoms with van der Waals surface area (Å²) in [6.07, 6.45) is 6.56. The molecule has 0 fully saturated rings. The Hall–Kier alpha value is -1.84. The highest BCUT2D eigenvalue weighted by molar-refractivity contribution is 7.83. The molecular weight excluding hydrogens is 454 g/mol. The average molecular weight is 484 g/mol. The maximum absolute atomic E-state index is 9.56. The summed E-state index contributed by atoms with van der Waals surface area (Å²) in [7, 11) is 2.18. The van der Waals surface area contributed by atoms with Crippen molar-refractivity contribution in [1.82, 2.24) is 36.7 Å². The van der Waals surface area contributed by atoms with Gasteiger partial charge in [0, 0.05) is 60.7 Å². The van der Waals surface area contributed by atoms with Gasteiger partial charge < -0.3 is 10.6 Å². The van der Waals surface area contributed by atoms with Crippen LogP contribution in [0.3, 0.4) is 0 Å². The Balaban J connectivity index is 0. The van der Waals surface area contributed by atoms with Gasteiger partial charge in [-0.15, -0.1) is 0 Å². The molecule has 1 rings (SSSR count). The molecule has 0 aromatic carbocycles. The molecule has 1 heterocycles. The number of hydrogen-bond donors (Lipinski definition) is 5. The van der Waals surface area contributed by atoms with Gasteiger partial charge in [0.25, 0.3) is 0 Å². The lowest BCUT2D eigenvalue weighted by Gasteiger charge is -2.01. The standard InChI is InChI=1S/C10H17N9S2.2C2H6OS/c1-5(14-18-9(20)11-3)7-13-8(17-16-7)6(2)15-19-10(21)12-4;2*1-4(2)3/h1-4H3,(H2,11,18,20)(H2,12,19,21)(H,13,16,17);2*1-2H3/b14-5-,15-6+;;. The summed E-state index contributed by atoms with van der Waals surface area (Å²) in [6.45, 7) is 3.54. The minimum atomic E-state index is -0.611. The SMILES string of the molecule is CNC(=S)N/N=C(/C)c1n[nH]c(/C(C)=N/NC(=S)NC)n1.CS(C)=O.CS(C)=O. The van der Waals surface area contributed by atoms with Gasteiger partial charge in [0.05, 0.1) is 0 Å². The lowest BCUT2D eigenvalue weighted by molar-refractivity contribution is 0.689. The van der Waals surface area contributed by atoms with Gasteiger partial charge in [-0.1, -0.05) is 0 Å². The Morgan fingerprint density at radius 2 is 1.28 bits per heavy atom. The molecule has 0 unspecified atom stereocenters. The Kier molecular flexibility index (Phi) is 17.3. The maximum atomic E-state index is 9.56. The van der Waals surface area contributed by atoms with Gasteiger partial charge in [-0.05, 0) is 38.3 Å². The fraction of sp³-hybridized carbons (Fsp3) is 0.571. The zero-order valence-electron chi connectivity index (χ0n) is 17.7. The summed E-state index contributed by atoms with van der Waals surface area (Å²) in [4.78, 5) is 4.28. The zero-order chi connectivity index (χ0) is 23.0. The number of thiocarbonyl (C=S) groups is 2. The molecule has 0 saturated carbocycles. The van der Waals surface area contributed by atoms with E-state index < -0.39 is 21.6 Å². The first kappa shape index (κ1) is 29.4. The first-order valence-electron chi connectivity index (χ1n) is 7.91. The number of hydrazone groups is 2. The lowest BCUT2D eigenvalue weighted by atomic mass is 10.4. The van der Waals surface area contributed by atoms with Gasteiger partial charge in [-0.2, -0.15) is 15.3 Å². The molecule has 0 aliphatic rings. The van der Waals surface area contributed by atoms with Gasteiger partial charge >= 0.3 is 0 Å². The van der Waals surface area contributed by atoms with Crippen LogP contribution in [0.2, 0.25) is 0 Å². The zero-order valence-corrected chi connectivity index (χ0v) is 21.0. The molecule has 1 aromatic heterocycles. The Labute approximate surface area is 187 Å². The number of rotatable bonds is 4. The molecule has 0 bridgehead atoms. The fourth-order valence-electron chi connectivity index (χ4n) is 1.07. The van der Waals surface area contributed by atoms with Crippen molar-refractivity contribution in [2.24, 2.45) is 10.2 Å². The van der Waals surface area contributed by atoms with Crippen LogP contribution in [0.1, 0.15) is 25.5 Å². The second kappa shape index (κ2) is 17.1. The minimum absolute atomic E-state index is 0.410. The first-order chi connectivity index (χ1) is 13.4. The maximum Gasteiger partial charge on any atom is 0.197 e. The molecule has 0 amide bonds. The molecule has 0 aliphatic heterocycles. The van der Waals surface area contributed by atoms with Crippen molar-refractivity contribution >= 4 is 67.7 Å². The van der Waals surface area contributed by atoms with Crippen molar-refractivity contribution in [3.63, 3.8) is 0 Å². The van der Waals surface area contributed by atoms with E-state index >= 15 is 0 Å². The van der Waals surface area contributed by atoms with Crippen molar-refractivity contribution in [2.75, 3.05) is 39.1 Å². The van der Waals surface area contributed by atoms with Crippen molar-refractivity contribution in [3.8, 4) is 0 Å². The van der Waals surface area contributed by atoms with E-state index in [2.05, 4.69) is 46.9 Å². The third-order valence-corrected chi connectivity index (χ3v) is 2.85. The molecule has 15 heteroatoms. The highest BCUT2D eigenvalue weighted by Crippen LogP contribution is 1.97. The van der Waals surface area contributed by atoms with Gasteiger partial charge in [0.15, 0.2) is 21.9 Å². The first-order valence-corrected chi connectivity index (χ1v) is 12.7. The topological polar surface area (TPSA) is 149 Å². The molecule has 1 aromatic rings. The highest BCUT2D eigenvalue weighted by Gasteiger charge is 2.09. The van der Waals surface area contributed by atoms with Crippen molar-refractivity contribution in [3.05, 3.63) is 11.6 Å². The predicted octanol–water partition coefficient (Wildman–Crippen LogP) is -0.570. The molecule has 0 atom stereocenters. The smallest absolute Gasteiger partial charge is 0.197 e. The summed E-state index contributed by atoms with van der Waals surface area (Å²) in [5.41, 5.74) is 6.53. The number of hydrogen-bond acceptors (Lipinski definition) is 8. The second-order valence-electron chi connectivity index (χ2n) is 5.27. The van der Waals surface area contributed by atoms with Gasteiger partial charge in [-0.3, -0.25) is 24.4 Å². The summed E-state index contributed by atoms with van der Waals surface area (Å²) < 4.78 is 19.1. The predicted molar refractivity (Wildman–Crippen MR) is 130 cm³/mol. The lowest BCUT2D eigenvalue weighted by Crippen LogP contribution is -2.29. The number of nitrogens with zero attached hydrogens (tertiary/aromatic N) is 4. The molecule has 0 aliphatic carbocycles. The van der Waals surface area contributed by atoms with E-state index in [1.165, 1.54) is 0 Å². The molecule has 29 heavy (non-hydrogen) atoms. The van der Waals surface area contributed by atoms with E-state index in [4.69, 9.17) is 24.4 Å². The van der Waals surface area contributed by atoms with Crippen molar-refractivity contribution in [1.29, 1.82) is 0 Å². The van der Waals surface area contributed by atoms with E-state index in [1.807, 2.05) is 0 Å². The highest BCUT2D eigenvalue weighted by atomic mass is 32.2. The molecular formula is C14H29N9O2S4. The molecule has 166 valence electrons. The summed E-state index contributed by atoms with van der Waals surface area (Å²) in [5, 5.41) is 21.3. The van der Waals surface area contributed by atoms with Crippen LogP contribution in [0.25, 0.3) is 0 Å². The van der Waals surface area contributed by atoms with Crippen molar-refractivity contribution < 1.29 is 8.42 Å². The van der Waals surface area contributed by atoms with Crippen LogP contribution in [-0.2, 0) is 21.6 Å². The van der Waals surface area contributed by atoms with Gasteiger partial charge in [0.2, 0.25) is 0 Å². The average Bonchev–Trinajstić information content (AvgIpc) is 3.12. The molecule has 11 nitrogen and oxygen atoms in total. The molecule has 5 N–H and O–H groups in total. The summed E-state index contributed by atoms with van der Waals surface area (Å²) >= 11 is 9.84. The summed E-state index contributed by atoms with van der Waals surface area (Å²) in [6, 6.07) is 0.